The van der Waals surface area contributed by atoms with Crippen LogP contribution in [0.25, 0.3) is 0 Å². The Balaban J connectivity index is 2.65. The van der Waals surface area contributed by atoms with E-state index in [1.54, 1.807) is 13.2 Å². The van der Waals surface area contributed by atoms with E-state index in [9.17, 15) is 0 Å². The summed E-state index contributed by atoms with van der Waals surface area (Å²) in [4.78, 5) is 8.50. The minimum Gasteiger partial charge on any atom is -0.481 e. The first kappa shape index (κ1) is 13.7. The smallest absolute Gasteiger partial charge is 0.226 e. The number of hydrogen-bond acceptors (Lipinski definition) is 5. The summed E-state index contributed by atoms with van der Waals surface area (Å²) in [5, 5.41) is 3.16. The average Bonchev–Trinajstić information content (AvgIpc) is 2.26. The van der Waals surface area contributed by atoms with Crippen molar-refractivity contribution in [2.45, 2.75) is 33.3 Å². The summed E-state index contributed by atoms with van der Waals surface area (Å²) >= 11 is 0. The number of nitrogens with one attached hydrogen (secondary N) is 1. The number of anilines is 1. The Morgan fingerprint density at radius 2 is 2.06 bits per heavy atom. The topological polar surface area (TPSA) is 56.3 Å². The van der Waals surface area contributed by atoms with Gasteiger partial charge < -0.3 is 14.8 Å². The molecule has 0 saturated heterocycles. The minimum absolute atomic E-state index is 0.241. The van der Waals surface area contributed by atoms with Crippen LogP contribution in [0.2, 0.25) is 0 Å². The second kappa shape index (κ2) is 5.82. The van der Waals surface area contributed by atoms with Crippen molar-refractivity contribution in [3.8, 4) is 5.88 Å². The highest BCUT2D eigenvalue weighted by atomic mass is 16.5. The van der Waals surface area contributed by atoms with Gasteiger partial charge in [0.15, 0.2) is 0 Å². The average molecular weight is 239 g/mol. The number of methoxy groups -OCH3 is 1. The van der Waals surface area contributed by atoms with Crippen molar-refractivity contribution in [1.29, 1.82) is 0 Å². The number of aromatic nitrogens is 2. The molecule has 0 saturated carbocycles. The molecule has 0 spiro atoms. The molecule has 0 aliphatic carbocycles. The molecule has 1 aromatic heterocycles. The maximum Gasteiger partial charge on any atom is 0.226 e. The Kier molecular flexibility index (Phi) is 4.69. The molecule has 0 aliphatic rings. The quantitative estimate of drug-likeness (QED) is 0.823. The number of ether oxygens (including phenoxy) is 2. The first-order valence-corrected chi connectivity index (χ1v) is 5.74. The van der Waals surface area contributed by atoms with Gasteiger partial charge in [0.05, 0.1) is 12.7 Å². The summed E-state index contributed by atoms with van der Waals surface area (Å²) in [5.74, 6) is 1.13. The maximum atomic E-state index is 5.59. The van der Waals surface area contributed by atoms with Crippen molar-refractivity contribution in [2.75, 3.05) is 25.6 Å². The molecule has 96 valence electrons. The highest BCUT2D eigenvalue weighted by Gasteiger charge is 2.17. The standard InChI is InChI=1S/C12H21N3O2/c1-6-17-12(3,4)8-13-11-14-9(2)7-10(15-11)16-5/h7H,6,8H2,1-5H3,(H,13,14,15). The zero-order chi connectivity index (χ0) is 12.9. The maximum absolute atomic E-state index is 5.59. The molecule has 1 heterocycles. The highest BCUT2D eigenvalue weighted by molar-refractivity contribution is 5.30. The van der Waals surface area contributed by atoms with E-state index in [2.05, 4.69) is 15.3 Å². The minimum atomic E-state index is -0.241. The molecule has 1 N–H and O–H groups in total. The monoisotopic (exact) mass is 239 g/mol. The van der Waals surface area contributed by atoms with Gasteiger partial charge in [0.1, 0.15) is 0 Å². The van der Waals surface area contributed by atoms with Gasteiger partial charge in [-0.2, -0.15) is 4.98 Å². The first-order valence-electron chi connectivity index (χ1n) is 5.74. The number of nitrogens with zero attached hydrogens (tertiary/aromatic N) is 2. The third-order valence-corrected chi connectivity index (χ3v) is 2.25. The molecule has 17 heavy (non-hydrogen) atoms. The summed E-state index contributed by atoms with van der Waals surface area (Å²) in [6.07, 6.45) is 0. The summed E-state index contributed by atoms with van der Waals surface area (Å²) < 4.78 is 10.7. The van der Waals surface area contributed by atoms with Crippen molar-refractivity contribution in [3.63, 3.8) is 0 Å². The Morgan fingerprint density at radius 1 is 1.35 bits per heavy atom. The third kappa shape index (κ3) is 4.56. The number of hydrogen-bond donors (Lipinski definition) is 1. The second-order valence-electron chi connectivity index (χ2n) is 4.42. The predicted molar refractivity (Wildman–Crippen MR) is 67.5 cm³/mol. The van der Waals surface area contributed by atoms with E-state index >= 15 is 0 Å². The Hall–Kier alpha value is -1.36. The van der Waals surface area contributed by atoms with Gasteiger partial charge in [-0.05, 0) is 27.7 Å². The van der Waals surface area contributed by atoms with Gasteiger partial charge in [-0.25, -0.2) is 4.98 Å². The van der Waals surface area contributed by atoms with Crippen LogP contribution in [0.4, 0.5) is 5.95 Å². The van der Waals surface area contributed by atoms with Gasteiger partial charge in [-0.15, -0.1) is 0 Å². The zero-order valence-corrected chi connectivity index (χ0v) is 11.2. The van der Waals surface area contributed by atoms with Crippen LogP contribution in [0.15, 0.2) is 6.07 Å². The van der Waals surface area contributed by atoms with Crippen LogP contribution < -0.4 is 10.1 Å². The van der Waals surface area contributed by atoms with E-state index in [1.165, 1.54) is 0 Å². The van der Waals surface area contributed by atoms with Crippen molar-refractivity contribution in [2.24, 2.45) is 0 Å². The summed E-state index contributed by atoms with van der Waals surface area (Å²) in [6, 6.07) is 1.79. The van der Waals surface area contributed by atoms with Crippen molar-refractivity contribution >= 4 is 5.95 Å². The van der Waals surface area contributed by atoms with E-state index < -0.39 is 0 Å². The summed E-state index contributed by atoms with van der Waals surface area (Å²) in [6.45, 7) is 9.27. The molecule has 0 bridgehead atoms. The Morgan fingerprint density at radius 3 is 2.65 bits per heavy atom. The molecule has 1 rings (SSSR count). The number of rotatable bonds is 6. The summed E-state index contributed by atoms with van der Waals surface area (Å²) in [5.41, 5.74) is 0.628. The van der Waals surface area contributed by atoms with E-state index in [4.69, 9.17) is 9.47 Å². The van der Waals surface area contributed by atoms with Crippen LogP contribution in [0, 0.1) is 6.92 Å². The van der Waals surface area contributed by atoms with Crippen LogP contribution in [0.1, 0.15) is 26.5 Å². The Bertz CT molecular complexity index is 367. The molecule has 0 radical (unpaired) electrons. The predicted octanol–water partition coefficient (Wildman–Crippen LogP) is 2.02. The largest absolute Gasteiger partial charge is 0.481 e. The SMILES string of the molecule is CCOC(C)(C)CNc1nc(C)cc(OC)n1. The fraction of sp³-hybridized carbons (Fsp3) is 0.667. The van der Waals surface area contributed by atoms with Gasteiger partial charge >= 0.3 is 0 Å². The lowest BCUT2D eigenvalue weighted by Crippen LogP contribution is -2.33. The van der Waals surface area contributed by atoms with Crippen molar-refractivity contribution < 1.29 is 9.47 Å². The zero-order valence-electron chi connectivity index (χ0n) is 11.2. The van der Waals surface area contributed by atoms with Gasteiger partial charge in [-0.3, -0.25) is 0 Å². The normalized spacial score (nSPS) is 11.4. The molecule has 5 heteroatoms. The van der Waals surface area contributed by atoms with Crippen molar-refractivity contribution in [3.05, 3.63) is 11.8 Å². The van der Waals surface area contributed by atoms with Gasteiger partial charge in [0, 0.05) is 24.9 Å². The van der Waals surface area contributed by atoms with Gasteiger partial charge in [0.25, 0.3) is 0 Å². The van der Waals surface area contributed by atoms with E-state index in [1.807, 2.05) is 27.7 Å². The molecule has 0 amide bonds. The van der Waals surface area contributed by atoms with Crippen LogP contribution >= 0.6 is 0 Å². The van der Waals surface area contributed by atoms with E-state index in [0.29, 0.717) is 25.0 Å². The molecule has 0 unspecified atom stereocenters. The van der Waals surface area contributed by atoms with Gasteiger partial charge in [0.2, 0.25) is 11.8 Å². The highest BCUT2D eigenvalue weighted by Crippen LogP contribution is 2.13. The van der Waals surface area contributed by atoms with Crippen LogP contribution in [0.3, 0.4) is 0 Å². The molecule has 0 aromatic carbocycles. The fourth-order valence-electron chi connectivity index (χ4n) is 1.46. The summed E-state index contributed by atoms with van der Waals surface area (Å²) in [7, 11) is 1.59. The van der Waals surface area contributed by atoms with Crippen molar-refractivity contribution in [1.82, 2.24) is 9.97 Å². The molecular weight excluding hydrogens is 218 g/mol. The molecule has 0 fully saturated rings. The van der Waals surface area contributed by atoms with Crippen LogP contribution in [-0.2, 0) is 4.74 Å². The van der Waals surface area contributed by atoms with Crippen LogP contribution in [0.5, 0.6) is 5.88 Å². The molecular formula is C12H21N3O2. The molecule has 1 aromatic rings. The Labute approximate surface area is 103 Å². The van der Waals surface area contributed by atoms with Crippen LogP contribution in [-0.4, -0.2) is 35.8 Å². The molecule has 0 aliphatic heterocycles. The first-order chi connectivity index (χ1) is 7.96. The molecule has 5 nitrogen and oxygen atoms in total. The second-order valence-corrected chi connectivity index (χ2v) is 4.42. The fourth-order valence-corrected chi connectivity index (χ4v) is 1.46. The van der Waals surface area contributed by atoms with E-state index in [0.717, 1.165) is 5.69 Å². The molecule has 0 atom stereocenters. The lowest BCUT2D eigenvalue weighted by molar-refractivity contribution is 0.000570. The van der Waals surface area contributed by atoms with E-state index in [-0.39, 0.29) is 5.60 Å². The lowest BCUT2D eigenvalue weighted by atomic mass is 10.1. The van der Waals surface area contributed by atoms with Gasteiger partial charge in [-0.1, -0.05) is 0 Å². The third-order valence-electron chi connectivity index (χ3n) is 2.25. The lowest BCUT2D eigenvalue weighted by Gasteiger charge is -2.24. The number of aryl methyl sites for hydroxylation is 1.